The first-order valence-corrected chi connectivity index (χ1v) is 8.06. The predicted molar refractivity (Wildman–Crippen MR) is 95.6 cm³/mol. The fourth-order valence-electron chi connectivity index (χ4n) is 2.20. The molecule has 0 saturated heterocycles. The number of hydrogen-bond acceptors (Lipinski definition) is 4. The van der Waals surface area contributed by atoms with Crippen LogP contribution < -0.4 is 5.32 Å². The van der Waals surface area contributed by atoms with Crippen molar-refractivity contribution in [3.63, 3.8) is 0 Å². The molecule has 8 heteroatoms. The van der Waals surface area contributed by atoms with Crippen molar-refractivity contribution in [2.24, 2.45) is 0 Å². The molecule has 2 N–H and O–H groups in total. The third kappa shape index (κ3) is 6.77. The summed E-state index contributed by atoms with van der Waals surface area (Å²) in [4.78, 5) is 35.1. The number of ether oxygens (including phenoxy) is 1. The fraction of sp³-hybridized carbons (Fsp3) is 0.211. The van der Waals surface area contributed by atoms with Crippen molar-refractivity contribution < 1.29 is 28.6 Å². The Kier molecular flexibility index (Phi) is 6.87. The number of hydrogen-bond donors (Lipinski definition) is 2. The molecule has 0 aromatic heterocycles. The third-order valence-corrected chi connectivity index (χ3v) is 3.56. The highest BCUT2D eigenvalue weighted by Crippen LogP contribution is 2.12. The van der Waals surface area contributed by atoms with E-state index in [4.69, 9.17) is 9.84 Å². The fourth-order valence-corrected chi connectivity index (χ4v) is 2.20. The Morgan fingerprint density at radius 2 is 1.63 bits per heavy atom. The average molecular weight is 374 g/mol. The molecule has 0 aliphatic heterocycles. The minimum atomic E-state index is -1.13. The number of carbonyl (C=O) groups is 3. The zero-order chi connectivity index (χ0) is 19.8. The van der Waals surface area contributed by atoms with Crippen molar-refractivity contribution in [2.45, 2.75) is 13.0 Å². The number of nitrogens with one attached hydrogen (secondary N) is 1. The Hall–Kier alpha value is -3.42. The Bertz CT molecular complexity index is 806. The molecule has 142 valence electrons. The van der Waals surface area contributed by atoms with Crippen LogP contribution in [0, 0.1) is 5.82 Å². The van der Waals surface area contributed by atoms with E-state index >= 15 is 0 Å². The van der Waals surface area contributed by atoms with Gasteiger partial charge in [0.1, 0.15) is 19.0 Å². The lowest BCUT2D eigenvalue weighted by Gasteiger charge is -2.14. The molecular formula is C19H19FN2O5. The first-order chi connectivity index (χ1) is 12.8. The zero-order valence-electron chi connectivity index (χ0n) is 14.6. The van der Waals surface area contributed by atoms with Crippen LogP contribution in [0.5, 0.6) is 0 Å². The average Bonchev–Trinajstić information content (AvgIpc) is 2.62. The molecule has 0 atom stereocenters. The third-order valence-electron chi connectivity index (χ3n) is 3.56. The van der Waals surface area contributed by atoms with E-state index in [-0.39, 0.29) is 24.8 Å². The van der Waals surface area contributed by atoms with Gasteiger partial charge >= 0.3 is 12.1 Å². The summed E-state index contributed by atoms with van der Waals surface area (Å²) in [5, 5.41) is 11.3. The Balaban J connectivity index is 1.82. The van der Waals surface area contributed by atoms with Gasteiger partial charge in [-0.2, -0.15) is 0 Å². The standard InChI is InChI=1S/C19H19FN2O5/c1-22(11-18(24)25)19(26)27-12-14-4-8-16(9-5-14)21-17(23)10-13-2-6-15(20)7-3-13/h2-9H,10-12H2,1H3,(H,21,23)(H,24,25). The second-order valence-corrected chi connectivity index (χ2v) is 5.85. The second kappa shape index (κ2) is 9.33. The molecule has 0 fully saturated rings. The first-order valence-electron chi connectivity index (χ1n) is 8.06. The van der Waals surface area contributed by atoms with E-state index in [1.165, 1.54) is 19.2 Å². The first kappa shape index (κ1) is 19.9. The number of nitrogens with zero attached hydrogens (tertiary/aromatic N) is 1. The van der Waals surface area contributed by atoms with Gasteiger partial charge in [-0.1, -0.05) is 24.3 Å². The summed E-state index contributed by atoms with van der Waals surface area (Å²) in [5.41, 5.74) is 1.95. The highest BCUT2D eigenvalue weighted by Gasteiger charge is 2.13. The van der Waals surface area contributed by atoms with Gasteiger partial charge in [-0.3, -0.25) is 9.59 Å². The maximum atomic E-state index is 12.9. The van der Waals surface area contributed by atoms with Gasteiger partial charge in [0, 0.05) is 12.7 Å². The van der Waals surface area contributed by atoms with E-state index in [1.54, 1.807) is 36.4 Å². The van der Waals surface area contributed by atoms with Gasteiger partial charge in [-0.15, -0.1) is 0 Å². The van der Waals surface area contributed by atoms with Crippen molar-refractivity contribution in [3.8, 4) is 0 Å². The number of aliphatic carboxylic acids is 1. The summed E-state index contributed by atoms with van der Waals surface area (Å²) < 4.78 is 17.9. The van der Waals surface area contributed by atoms with E-state index in [0.717, 1.165) is 4.90 Å². The van der Waals surface area contributed by atoms with E-state index < -0.39 is 18.6 Å². The minimum absolute atomic E-state index is 0.0212. The van der Waals surface area contributed by atoms with E-state index in [0.29, 0.717) is 16.8 Å². The molecule has 0 aliphatic carbocycles. The summed E-state index contributed by atoms with van der Waals surface area (Å²) >= 11 is 0. The maximum absolute atomic E-state index is 12.9. The van der Waals surface area contributed by atoms with Gasteiger partial charge in [0.15, 0.2) is 0 Å². The van der Waals surface area contributed by atoms with Crippen molar-refractivity contribution in [1.82, 2.24) is 4.90 Å². The van der Waals surface area contributed by atoms with E-state index in [1.807, 2.05) is 0 Å². The highest BCUT2D eigenvalue weighted by atomic mass is 19.1. The maximum Gasteiger partial charge on any atom is 0.410 e. The lowest BCUT2D eigenvalue weighted by molar-refractivity contribution is -0.137. The molecule has 7 nitrogen and oxygen atoms in total. The summed E-state index contributed by atoms with van der Waals surface area (Å²) in [7, 11) is 1.33. The van der Waals surface area contributed by atoms with Crippen LogP contribution in [0.2, 0.25) is 0 Å². The van der Waals surface area contributed by atoms with Gasteiger partial charge in [0.25, 0.3) is 0 Å². The number of halogens is 1. The Morgan fingerprint density at radius 3 is 2.22 bits per heavy atom. The summed E-state index contributed by atoms with van der Waals surface area (Å²) in [6.07, 6.45) is -0.621. The molecule has 2 rings (SSSR count). The molecule has 2 amide bonds. The van der Waals surface area contributed by atoms with Gasteiger partial charge in [-0.25, -0.2) is 9.18 Å². The molecule has 2 aromatic rings. The number of amides is 2. The smallest absolute Gasteiger partial charge is 0.410 e. The van der Waals surface area contributed by atoms with Crippen LogP contribution in [0.1, 0.15) is 11.1 Å². The molecule has 0 unspecified atom stereocenters. The van der Waals surface area contributed by atoms with Crippen LogP contribution in [0.25, 0.3) is 0 Å². The van der Waals surface area contributed by atoms with Crippen LogP contribution in [0.15, 0.2) is 48.5 Å². The van der Waals surface area contributed by atoms with E-state index in [9.17, 15) is 18.8 Å². The topological polar surface area (TPSA) is 95.9 Å². The number of anilines is 1. The summed E-state index contributed by atoms with van der Waals surface area (Å²) in [6.45, 7) is -0.468. The quantitative estimate of drug-likeness (QED) is 0.777. The largest absolute Gasteiger partial charge is 0.480 e. The molecule has 0 saturated carbocycles. The van der Waals surface area contributed by atoms with Crippen molar-refractivity contribution in [2.75, 3.05) is 18.9 Å². The zero-order valence-corrected chi connectivity index (χ0v) is 14.6. The predicted octanol–water partition coefficient (Wildman–Crippen LogP) is 2.66. The molecule has 0 aliphatic rings. The van der Waals surface area contributed by atoms with Crippen molar-refractivity contribution in [1.29, 1.82) is 0 Å². The molecular weight excluding hydrogens is 355 g/mol. The van der Waals surface area contributed by atoms with Gasteiger partial charge in [0.2, 0.25) is 5.91 Å². The van der Waals surface area contributed by atoms with Crippen LogP contribution >= 0.6 is 0 Å². The number of carboxylic acid groups (broad SMARTS) is 1. The highest BCUT2D eigenvalue weighted by molar-refractivity contribution is 5.92. The van der Waals surface area contributed by atoms with Gasteiger partial charge < -0.3 is 20.1 Å². The number of benzene rings is 2. The van der Waals surface area contributed by atoms with Gasteiger partial charge in [-0.05, 0) is 35.4 Å². The minimum Gasteiger partial charge on any atom is -0.480 e. The van der Waals surface area contributed by atoms with Crippen LogP contribution in [0.4, 0.5) is 14.9 Å². The molecule has 27 heavy (non-hydrogen) atoms. The lowest BCUT2D eigenvalue weighted by atomic mass is 10.1. The lowest BCUT2D eigenvalue weighted by Crippen LogP contribution is -2.32. The molecule has 0 heterocycles. The monoisotopic (exact) mass is 374 g/mol. The van der Waals surface area contributed by atoms with Crippen LogP contribution in [0.3, 0.4) is 0 Å². The second-order valence-electron chi connectivity index (χ2n) is 5.85. The van der Waals surface area contributed by atoms with E-state index in [2.05, 4.69) is 5.32 Å². The van der Waals surface area contributed by atoms with Crippen molar-refractivity contribution in [3.05, 3.63) is 65.5 Å². The summed E-state index contributed by atoms with van der Waals surface area (Å²) in [5.74, 6) is -1.73. The normalized spacial score (nSPS) is 10.1. The molecule has 0 radical (unpaired) electrons. The van der Waals surface area contributed by atoms with Crippen molar-refractivity contribution >= 4 is 23.7 Å². The molecule has 0 bridgehead atoms. The number of carboxylic acids is 1. The molecule has 0 spiro atoms. The Labute approximate surface area is 155 Å². The van der Waals surface area contributed by atoms with Crippen LogP contribution in [-0.2, 0) is 27.4 Å². The van der Waals surface area contributed by atoms with Gasteiger partial charge in [0.05, 0.1) is 6.42 Å². The Morgan fingerprint density at radius 1 is 1.04 bits per heavy atom. The molecule has 2 aromatic carbocycles. The number of likely N-dealkylation sites (N-methyl/N-ethyl adjacent to an activating group) is 1. The number of carbonyl (C=O) groups excluding carboxylic acids is 2. The number of rotatable bonds is 7. The SMILES string of the molecule is CN(CC(=O)O)C(=O)OCc1ccc(NC(=O)Cc2ccc(F)cc2)cc1. The van der Waals surface area contributed by atoms with Crippen LogP contribution in [-0.4, -0.2) is 41.6 Å². The summed E-state index contributed by atoms with van der Waals surface area (Å²) in [6, 6.07) is 12.4.